The molecule has 6 N–H and O–H groups in total. The van der Waals surface area contributed by atoms with E-state index in [-0.39, 0.29) is 10.6 Å². The van der Waals surface area contributed by atoms with Gasteiger partial charge in [-0.1, -0.05) is 72.8 Å². The fourth-order valence-corrected chi connectivity index (χ4v) is 7.71. The number of aromatic nitrogens is 3. The average molecular weight is 766 g/mol. The van der Waals surface area contributed by atoms with E-state index in [1.807, 2.05) is 61.1 Å². The quantitative estimate of drug-likeness (QED) is 0.0597. The number of para-hydroxylation sites is 3. The summed E-state index contributed by atoms with van der Waals surface area (Å²) >= 11 is 0. The van der Waals surface area contributed by atoms with Crippen molar-refractivity contribution in [1.29, 1.82) is 0 Å². The lowest BCUT2D eigenvalue weighted by atomic mass is 10.0. The van der Waals surface area contributed by atoms with Crippen molar-refractivity contribution in [2.24, 2.45) is 0 Å². The van der Waals surface area contributed by atoms with E-state index >= 15 is 0 Å². The van der Waals surface area contributed by atoms with E-state index in [1.54, 1.807) is 18.2 Å². The maximum Gasteiger partial charge on any atom is 0.272 e. The maximum absolute atomic E-state index is 11.0. The standard InChI is InChI=1S/C19H21N3.C15H12N2O2.C15H14N2/c1-2-4-19(22-11-9-20-10-12-22)17(3-1)14-15-5-6-18-16(13-15)7-8-21-18;18-17(19)15-4-2-1-3-13(15)10-11-5-6-14-12(9-11)7-8-16-14;16-14-4-2-1-3-12(14)9-11-5-6-15-13(10-11)7-8-17-15/h1-8,13,20-21H,9-12,14H2;1-9,16H,10H2;1-8,10,17H,9,16H2. The van der Waals surface area contributed by atoms with Gasteiger partial charge in [-0.05, 0) is 124 Å². The molecule has 0 bridgehead atoms. The Balaban J connectivity index is 0.000000123. The van der Waals surface area contributed by atoms with E-state index < -0.39 is 0 Å². The Morgan fingerprint density at radius 3 is 1.52 bits per heavy atom. The van der Waals surface area contributed by atoms with Gasteiger partial charge in [0.15, 0.2) is 0 Å². The van der Waals surface area contributed by atoms with Crippen molar-refractivity contribution in [3.8, 4) is 0 Å². The van der Waals surface area contributed by atoms with Crippen LogP contribution in [0.1, 0.15) is 33.4 Å². The molecule has 1 saturated heterocycles. The van der Waals surface area contributed by atoms with Crippen molar-refractivity contribution in [2.45, 2.75) is 19.3 Å². The smallest absolute Gasteiger partial charge is 0.272 e. The van der Waals surface area contributed by atoms with E-state index in [4.69, 9.17) is 5.73 Å². The van der Waals surface area contributed by atoms with E-state index in [2.05, 4.69) is 110 Å². The number of benzene rings is 6. The summed E-state index contributed by atoms with van der Waals surface area (Å²) in [7, 11) is 0. The number of piperazine rings is 1. The molecule has 3 aromatic heterocycles. The maximum atomic E-state index is 11.0. The highest BCUT2D eigenvalue weighted by Gasteiger charge is 2.15. The van der Waals surface area contributed by atoms with E-state index in [9.17, 15) is 10.1 Å². The summed E-state index contributed by atoms with van der Waals surface area (Å²) in [6.45, 7) is 4.33. The highest BCUT2D eigenvalue weighted by atomic mass is 16.6. The fraction of sp³-hybridized carbons (Fsp3) is 0.143. The number of nitro groups is 1. The second-order valence-corrected chi connectivity index (χ2v) is 14.7. The predicted molar refractivity (Wildman–Crippen MR) is 239 cm³/mol. The van der Waals surface area contributed by atoms with E-state index in [1.165, 1.54) is 49.7 Å². The van der Waals surface area contributed by atoms with Gasteiger partial charge in [0.05, 0.1) is 4.92 Å². The Kier molecular flexibility index (Phi) is 11.6. The van der Waals surface area contributed by atoms with Gasteiger partial charge in [-0.2, -0.15) is 0 Å². The highest BCUT2D eigenvalue weighted by Crippen LogP contribution is 2.26. The molecule has 10 rings (SSSR count). The molecule has 58 heavy (non-hydrogen) atoms. The Morgan fingerprint density at radius 1 is 0.534 bits per heavy atom. The zero-order valence-corrected chi connectivity index (χ0v) is 32.3. The molecule has 1 aliphatic heterocycles. The van der Waals surface area contributed by atoms with Crippen molar-refractivity contribution in [3.63, 3.8) is 0 Å². The van der Waals surface area contributed by atoms with Crippen LogP contribution in [0, 0.1) is 10.1 Å². The minimum atomic E-state index is -0.329. The first-order chi connectivity index (χ1) is 28.5. The van der Waals surface area contributed by atoms with Gasteiger partial charge >= 0.3 is 0 Å². The Morgan fingerprint density at radius 2 is 0.983 bits per heavy atom. The fourth-order valence-electron chi connectivity index (χ4n) is 7.71. The number of nitrogens with two attached hydrogens (primary N) is 1. The van der Waals surface area contributed by atoms with Crippen molar-refractivity contribution in [2.75, 3.05) is 36.8 Å². The molecule has 9 heteroatoms. The molecular formula is C49H47N7O2. The summed E-state index contributed by atoms with van der Waals surface area (Å²) in [6, 6.07) is 49.2. The first kappa shape index (κ1) is 37.8. The molecule has 4 heterocycles. The highest BCUT2D eigenvalue weighted by molar-refractivity contribution is 5.81. The van der Waals surface area contributed by atoms with Gasteiger partial charge in [0.2, 0.25) is 0 Å². The number of hydrogen-bond acceptors (Lipinski definition) is 5. The number of fused-ring (bicyclic) bond motifs is 3. The normalized spacial score (nSPS) is 12.5. The van der Waals surface area contributed by atoms with Crippen LogP contribution in [0.4, 0.5) is 17.1 Å². The van der Waals surface area contributed by atoms with Crippen molar-refractivity contribution in [3.05, 3.63) is 208 Å². The monoisotopic (exact) mass is 765 g/mol. The minimum Gasteiger partial charge on any atom is -0.398 e. The van der Waals surface area contributed by atoms with Gasteiger partial charge < -0.3 is 30.9 Å². The molecule has 290 valence electrons. The number of nitro benzene ring substituents is 1. The molecule has 0 atom stereocenters. The molecule has 0 amide bonds. The van der Waals surface area contributed by atoms with Crippen molar-refractivity contribution >= 4 is 49.8 Å². The Labute approximate surface area is 337 Å². The summed E-state index contributed by atoms with van der Waals surface area (Å²) in [6.07, 6.45) is 8.29. The van der Waals surface area contributed by atoms with Gasteiger partial charge in [0.25, 0.3) is 5.69 Å². The number of hydrogen-bond donors (Lipinski definition) is 5. The Hall–Kier alpha value is -7.10. The molecule has 0 unspecified atom stereocenters. The van der Waals surface area contributed by atoms with Gasteiger partial charge in [-0.25, -0.2) is 0 Å². The molecule has 0 spiro atoms. The molecule has 9 aromatic rings. The topological polar surface area (TPSA) is 132 Å². The van der Waals surface area contributed by atoms with Gasteiger partial charge in [0.1, 0.15) is 0 Å². The van der Waals surface area contributed by atoms with Crippen LogP contribution in [0.2, 0.25) is 0 Å². The number of nitrogens with one attached hydrogen (secondary N) is 4. The molecule has 0 saturated carbocycles. The van der Waals surface area contributed by atoms with Crippen LogP contribution in [0.25, 0.3) is 32.7 Å². The van der Waals surface area contributed by atoms with E-state index in [0.29, 0.717) is 6.42 Å². The molecular weight excluding hydrogens is 719 g/mol. The second kappa shape index (κ2) is 17.8. The number of H-pyrrole nitrogens is 3. The lowest BCUT2D eigenvalue weighted by molar-refractivity contribution is -0.385. The summed E-state index contributed by atoms with van der Waals surface area (Å²) in [5.74, 6) is 0. The minimum absolute atomic E-state index is 0.177. The largest absolute Gasteiger partial charge is 0.398 e. The summed E-state index contributed by atoms with van der Waals surface area (Å²) in [4.78, 5) is 22.7. The van der Waals surface area contributed by atoms with Crippen molar-refractivity contribution in [1.82, 2.24) is 20.3 Å². The SMILES string of the molecule is Nc1ccccc1Cc1ccc2[nH]ccc2c1.O=[N+]([O-])c1ccccc1Cc1ccc2[nH]ccc2c1.c1ccc(N2CCNCC2)c(Cc2ccc3[nH]ccc3c2)c1. The number of nitrogens with zero attached hydrogens (tertiary/aromatic N) is 2. The van der Waals surface area contributed by atoms with Crippen LogP contribution in [-0.4, -0.2) is 46.1 Å². The van der Waals surface area contributed by atoms with E-state index in [0.717, 1.165) is 66.7 Å². The van der Waals surface area contributed by atoms with Crippen LogP contribution in [0.5, 0.6) is 0 Å². The zero-order chi connectivity index (χ0) is 39.7. The first-order valence-electron chi connectivity index (χ1n) is 19.7. The van der Waals surface area contributed by atoms with Crippen LogP contribution in [0.3, 0.4) is 0 Å². The third kappa shape index (κ3) is 9.12. The van der Waals surface area contributed by atoms with Crippen LogP contribution in [0.15, 0.2) is 164 Å². The molecule has 0 aliphatic carbocycles. The van der Waals surface area contributed by atoms with Crippen molar-refractivity contribution < 1.29 is 4.92 Å². The molecule has 6 aromatic carbocycles. The third-order valence-electron chi connectivity index (χ3n) is 10.7. The molecule has 0 radical (unpaired) electrons. The summed E-state index contributed by atoms with van der Waals surface area (Å²) < 4.78 is 0. The van der Waals surface area contributed by atoms with Crippen LogP contribution < -0.4 is 16.0 Å². The zero-order valence-electron chi connectivity index (χ0n) is 32.3. The van der Waals surface area contributed by atoms with Crippen LogP contribution >= 0.6 is 0 Å². The second-order valence-electron chi connectivity index (χ2n) is 14.7. The molecule has 1 aliphatic rings. The number of rotatable bonds is 8. The first-order valence-corrected chi connectivity index (χ1v) is 19.7. The summed E-state index contributed by atoms with van der Waals surface area (Å²) in [5, 5.41) is 18.1. The summed E-state index contributed by atoms with van der Waals surface area (Å²) in [5.41, 5.74) is 18.9. The predicted octanol–water partition coefficient (Wildman–Crippen LogP) is 10.2. The number of aromatic amines is 3. The molecule has 1 fully saturated rings. The van der Waals surface area contributed by atoms with Gasteiger partial charge in [0, 0.05) is 90.7 Å². The third-order valence-corrected chi connectivity index (χ3v) is 10.7. The average Bonchev–Trinajstić information content (AvgIpc) is 4.04. The Bertz CT molecular complexity index is 2770. The molecule has 9 nitrogen and oxygen atoms in total. The lowest BCUT2D eigenvalue weighted by Gasteiger charge is -2.31. The number of anilines is 2. The lowest BCUT2D eigenvalue weighted by Crippen LogP contribution is -2.43. The van der Waals surface area contributed by atoms with Gasteiger partial charge in [-0.3, -0.25) is 10.1 Å². The van der Waals surface area contributed by atoms with Crippen LogP contribution in [-0.2, 0) is 19.3 Å². The number of nitrogen functional groups attached to an aromatic ring is 1. The van der Waals surface area contributed by atoms with Gasteiger partial charge in [-0.15, -0.1) is 0 Å².